The Balaban J connectivity index is 0.000000541. The predicted octanol–water partition coefficient (Wildman–Crippen LogP) is 6.74. The third-order valence-electron chi connectivity index (χ3n) is 10.3. The topological polar surface area (TPSA) is 84.3 Å². The molecule has 0 radical (unpaired) electrons. The molecule has 1 N–H and O–H groups in total. The number of hydrogen-bond acceptors (Lipinski definition) is 5. The Hall–Kier alpha value is -2.65. The Morgan fingerprint density at radius 1 is 1.21 bits per heavy atom. The van der Waals surface area contributed by atoms with Crippen molar-refractivity contribution in [3.8, 4) is 12.8 Å². The maximum Gasteiger partial charge on any atom is 0.300 e. The van der Waals surface area contributed by atoms with E-state index in [9.17, 15) is 9.59 Å². The Labute approximate surface area is 237 Å². The third-order valence-corrected chi connectivity index (χ3v) is 11.3. The SMILES string of the molecule is C#C.CC(=O)O.C[C@@H]1CC2C3CCC4=CC(=O)C=CC4(C)C3C3(CC3)CC2(C)C1C(=O)SCc1ccccn1. The van der Waals surface area contributed by atoms with Gasteiger partial charge in [-0.1, -0.05) is 50.2 Å². The number of ketones is 1. The molecule has 0 amide bonds. The minimum atomic E-state index is -0.833. The number of aliphatic carboxylic acids is 1. The summed E-state index contributed by atoms with van der Waals surface area (Å²) in [6.07, 6.45) is 23.0. The summed E-state index contributed by atoms with van der Waals surface area (Å²) in [7, 11) is 0. The molecule has 208 valence electrons. The van der Waals surface area contributed by atoms with Crippen LogP contribution in [0.4, 0.5) is 0 Å². The number of aromatic nitrogens is 1. The number of carboxylic acid groups (broad SMARTS) is 1. The number of nitrogens with zero attached hydrogens (tertiary/aromatic N) is 1. The molecule has 0 aromatic carbocycles. The van der Waals surface area contributed by atoms with Gasteiger partial charge in [0, 0.05) is 30.2 Å². The van der Waals surface area contributed by atoms with E-state index in [2.05, 4.69) is 44.7 Å². The van der Waals surface area contributed by atoms with Gasteiger partial charge in [0.2, 0.25) is 0 Å². The predicted molar refractivity (Wildman–Crippen MR) is 155 cm³/mol. The molecule has 6 unspecified atom stereocenters. The van der Waals surface area contributed by atoms with Crippen LogP contribution in [0.25, 0.3) is 0 Å². The lowest BCUT2D eigenvalue weighted by Gasteiger charge is -2.60. The number of fused-ring (bicyclic) bond motifs is 6. The molecule has 0 bridgehead atoms. The number of allylic oxidation sites excluding steroid dienone is 4. The van der Waals surface area contributed by atoms with E-state index in [1.54, 1.807) is 0 Å². The van der Waals surface area contributed by atoms with Crippen molar-refractivity contribution in [3.05, 3.63) is 53.9 Å². The minimum Gasteiger partial charge on any atom is -0.481 e. The van der Waals surface area contributed by atoms with Gasteiger partial charge >= 0.3 is 0 Å². The second-order valence-corrected chi connectivity index (χ2v) is 13.6. The molecule has 5 nitrogen and oxygen atoms in total. The molecule has 0 saturated heterocycles. The molecule has 4 saturated carbocycles. The first-order valence-electron chi connectivity index (χ1n) is 14.0. The number of rotatable bonds is 3. The van der Waals surface area contributed by atoms with Crippen molar-refractivity contribution in [1.82, 2.24) is 4.98 Å². The molecule has 1 spiro atoms. The van der Waals surface area contributed by atoms with Gasteiger partial charge in [-0.25, -0.2) is 0 Å². The average Bonchev–Trinajstić information content (AvgIpc) is 3.59. The van der Waals surface area contributed by atoms with E-state index >= 15 is 0 Å². The van der Waals surface area contributed by atoms with Crippen molar-refractivity contribution in [3.63, 3.8) is 0 Å². The number of pyridine rings is 1. The highest BCUT2D eigenvalue weighted by molar-refractivity contribution is 8.13. The first kappa shape index (κ1) is 29.3. The van der Waals surface area contributed by atoms with Crippen LogP contribution in [0.2, 0.25) is 0 Å². The zero-order chi connectivity index (χ0) is 28.6. The highest BCUT2D eigenvalue weighted by Crippen LogP contribution is 2.78. The summed E-state index contributed by atoms with van der Waals surface area (Å²) in [6, 6.07) is 5.95. The monoisotopic (exact) mass is 547 g/mol. The van der Waals surface area contributed by atoms with Crippen molar-refractivity contribution in [2.45, 2.75) is 72.0 Å². The van der Waals surface area contributed by atoms with Gasteiger partial charge in [0.25, 0.3) is 5.97 Å². The summed E-state index contributed by atoms with van der Waals surface area (Å²) in [5.74, 6) is 2.47. The second-order valence-electron chi connectivity index (χ2n) is 12.7. The van der Waals surface area contributed by atoms with E-state index in [-0.39, 0.29) is 22.5 Å². The van der Waals surface area contributed by atoms with Crippen LogP contribution in [0.1, 0.15) is 71.9 Å². The summed E-state index contributed by atoms with van der Waals surface area (Å²) in [5, 5.41) is 7.80. The molecule has 0 aliphatic heterocycles. The average molecular weight is 548 g/mol. The number of carbonyl (C=O) groups is 3. The Kier molecular flexibility index (Phi) is 8.34. The summed E-state index contributed by atoms with van der Waals surface area (Å²) in [6.45, 7) is 8.29. The molecule has 1 aromatic heterocycles. The highest BCUT2D eigenvalue weighted by atomic mass is 32.2. The summed E-state index contributed by atoms with van der Waals surface area (Å²) >= 11 is 1.49. The van der Waals surface area contributed by atoms with Crippen LogP contribution >= 0.6 is 11.8 Å². The lowest BCUT2D eigenvalue weighted by atomic mass is 9.43. The van der Waals surface area contributed by atoms with E-state index < -0.39 is 5.97 Å². The standard InChI is InChI=1S/C29H35NO2S.C2H4O2.C2H2/c1-18-14-23-22-8-7-19-15-21(31)9-10-27(19,2)25(22)29(11-12-29)17-28(23,3)24(18)26(32)33-16-20-6-4-5-13-30-20;1-2(3)4;1-2/h4-6,9-10,13,15,18,22-25H,7-8,11-12,14,16-17H2,1-3H3;1H3,(H,3,4);1-2H/t18-,22?,23?,24?,25?,27?,28?;;/m1../s1. The van der Waals surface area contributed by atoms with Gasteiger partial charge in [-0.3, -0.25) is 19.4 Å². The van der Waals surface area contributed by atoms with Gasteiger partial charge in [0.15, 0.2) is 10.9 Å². The summed E-state index contributed by atoms with van der Waals surface area (Å²) < 4.78 is 0. The molecule has 5 aliphatic carbocycles. The number of terminal acetylenes is 1. The van der Waals surface area contributed by atoms with Gasteiger partial charge in [0.05, 0.1) is 5.69 Å². The Bertz CT molecular complexity index is 1190. The number of carbonyl (C=O) groups excluding carboxylic acids is 2. The van der Waals surface area contributed by atoms with Gasteiger partial charge in [-0.15, -0.1) is 12.8 Å². The Morgan fingerprint density at radius 3 is 2.51 bits per heavy atom. The van der Waals surface area contributed by atoms with Gasteiger partial charge in [-0.05, 0) is 97.3 Å². The summed E-state index contributed by atoms with van der Waals surface area (Å²) in [4.78, 5) is 39.3. The molecule has 7 atom stereocenters. The van der Waals surface area contributed by atoms with Crippen LogP contribution in [-0.2, 0) is 20.1 Å². The molecular weight excluding hydrogens is 506 g/mol. The number of carboxylic acids is 1. The van der Waals surface area contributed by atoms with Crippen LogP contribution in [-0.4, -0.2) is 27.0 Å². The number of thioether (sulfide) groups is 1. The van der Waals surface area contributed by atoms with E-state index in [4.69, 9.17) is 9.90 Å². The van der Waals surface area contributed by atoms with Crippen molar-refractivity contribution >= 4 is 28.6 Å². The van der Waals surface area contributed by atoms with Crippen molar-refractivity contribution in [2.24, 2.45) is 45.8 Å². The van der Waals surface area contributed by atoms with Crippen LogP contribution in [0.3, 0.4) is 0 Å². The van der Waals surface area contributed by atoms with Gasteiger partial charge < -0.3 is 5.11 Å². The van der Waals surface area contributed by atoms with Crippen molar-refractivity contribution in [2.75, 3.05) is 0 Å². The maximum atomic E-state index is 13.7. The van der Waals surface area contributed by atoms with E-state index in [0.717, 1.165) is 19.0 Å². The molecule has 39 heavy (non-hydrogen) atoms. The largest absolute Gasteiger partial charge is 0.481 e. The first-order chi connectivity index (χ1) is 18.5. The van der Waals surface area contributed by atoms with Crippen molar-refractivity contribution < 1.29 is 19.5 Å². The van der Waals surface area contributed by atoms with Crippen molar-refractivity contribution in [1.29, 1.82) is 0 Å². The number of hydrogen-bond donors (Lipinski definition) is 1. The van der Waals surface area contributed by atoms with Crippen LogP contribution in [0.15, 0.2) is 48.2 Å². The van der Waals surface area contributed by atoms with E-state index in [1.165, 1.54) is 49.4 Å². The normalized spacial score (nSPS) is 36.5. The minimum absolute atomic E-state index is 0.0215. The Morgan fingerprint density at radius 2 is 1.90 bits per heavy atom. The van der Waals surface area contributed by atoms with Crippen LogP contribution < -0.4 is 0 Å². The lowest BCUT2D eigenvalue weighted by Crippen LogP contribution is -2.55. The zero-order valence-corrected chi connectivity index (χ0v) is 24.4. The van der Waals surface area contributed by atoms with E-state index in [1.807, 2.05) is 36.5 Å². The molecule has 1 aromatic rings. The molecular formula is C33H41NO4S. The third kappa shape index (κ3) is 5.27. The maximum absolute atomic E-state index is 13.7. The van der Waals surface area contributed by atoms with Gasteiger partial charge in [0.1, 0.15) is 0 Å². The zero-order valence-electron chi connectivity index (χ0n) is 23.6. The fourth-order valence-electron chi connectivity index (χ4n) is 9.17. The molecule has 4 fully saturated rings. The van der Waals surface area contributed by atoms with E-state index in [0.29, 0.717) is 40.0 Å². The molecule has 5 aliphatic rings. The first-order valence-corrected chi connectivity index (χ1v) is 15.0. The second kappa shape index (κ2) is 11.1. The van der Waals surface area contributed by atoms with Crippen LogP contribution in [0, 0.1) is 58.7 Å². The fourth-order valence-corrected chi connectivity index (χ4v) is 10.3. The molecule has 1 heterocycles. The molecule has 6 heteroatoms. The highest BCUT2D eigenvalue weighted by Gasteiger charge is 2.71. The lowest BCUT2D eigenvalue weighted by molar-refractivity contribution is -0.134. The van der Waals surface area contributed by atoms with Gasteiger partial charge in [-0.2, -0.15) is 0 Å². The molecule has 6 rings (SSSR count). The smallest absolute Gasteiger partial charge is 0.300 e. The summed E-state index contributed by atoms with van der Waals surface area (Å²) in [5.41, 5.74) is 2.83. The van der Waals surface area contributed by atoms with Crippen LogP contribution in [0.5, 0.6) is 0 Å². The fraction of sp³-hybridized carbons (Fsp3) is 0.576. The quantitative estimate of drug-likeness (QED) is 0.422.